The molecule has 2 aromatic carbocycles. The summed E-state index contributed by atoms with van der Waals surface area (Å²) < 4.78 is 5.63. The number of benzene rings is 2. The molecule has 6 nitrogen and oxygen atoms in total. The van der Waals surface area contributed by atoms with Gasteiger partial charge in [0.2, 0.25) is 0 Å². The van der Waals surface area contributed by atoms with Crippen molar-refractivity contribution >= 4 is 11.6 Å². The molecule has 1 amide bonds. The van der Waals surface area contributed by atoms with Crippen LogP contribution in [0.5, 0.6) is 5.75 Å². The van der Waals surface area contributed by atoms with E-state index in [2.05, 4.69) is 64.2 Å². The first-order valence-electron chi connectivity index (χ1n) is 16.9. The van der Waals surface area contributed by atoms with Gasteiger partial charge in [-0.05, 0) is 117 Å². The van der Waals surface area contributed by atoms with Crippen molar-refractivity contribution in [3.05, 3.63) is 78.1 Å². The molecule has 0 radical (unpaired) electrons. The summed E-state index contributed by atoms with van der Waals surface area (Å²) in [6, 6.07) is 19.7. The Balaban J connectivity index is 0.921. The van der Waals surface area contributed by atoms with E-state index in [0.717, 1.165) is 72.9 Å². The van der Waals surface area contributed by atoms with Crippen molar-refractivity contribution in [1.29, 1.82) is 0 Å². The van der Waals surface area contributed by atoms with E-state index in [9.17, 15) is 4.79 Å². The van der Waals surface area contributed by atoms with Crippen LogP contribution in [0.1, 0.15) is 74.3 Å². The lowest BCUT2D eigenvalue weighted by Gasteiger charge is -2.57. The molecular formula is C38H48N4O2. The number of anilines is 1. The summed E-state index contributed by atoms with van der Waals surface area (Å²) in [5.41, 5.74) is 5.97. The second-order valence-corrected chi connectivity index (χ2v) is 14.3. The van der Waals surface area contributed by atoms with Crippen LogP contribution in [0, 0.1) is 23.2 Å². The zero-order chi connectivity index (χ0) is 30.3. The van der Waals surface area contributed by atoms with Gasteiger partial charge in [-0.3, -0.25) is 14.7 Å². The van der Waals surface area contributed by atoms with Crippen molar-refractivity contribution < 1.29 is 9.53 Å². The summed E-state index contributed by atoms with van der Waals surface area (Å²) in [5, 5.41) is 0. The number of aromatic nitrogens is 1. The minimum atomic E-state index is 0.176. The molecule has 44 heavy (non-hydrogen) atoms. The first kappa shape index (κ1) is 29.3. The molecular weight excluding hydrogens is 544 g/mol. The van der Waals surface area contributed by atoms with Crippen LogP contribution in [0.25, 0.3) is 11.1 Å². The standard InChI is InChI=1S/C38H48N4O2/c1-4-44-36-20-34(24-39-25-36)32-7-5-31(6-8-32)27(2)41-13-15-42(16-14-41)35-11-9-33(10-12-35)37(43)40(3)26-38-21-28-17-29(22-38)19-30(18-28)23-38/h5-12,20,24-25,27-30H,4,13-19,21-23,26H2,1-3H3. The summed E-state index contributed by atoms with van der Waals surface area (Å²) in [5.74, 6) is 3.73. The smallest absolute Gasteiger partial charge is 0.253 e. The van der Waals surface area contributed by atoms with Crippen molar-refractivity contribution in [2.75, 3.05) is 51.3 Å². The van der Waals surface area contributed by atoms with Gasteiger partial charge < -0.3 is 14.5 Å². The molecule has 8 rings (SSSR count). The van der Waals surface area contributed by atoms with Gasteiger partial charge in [0.25, 0.3) is 5.91 Å². The fourth-order valence-electron chi connectivity index (χ4n) is 9.45. The third kappa shape index (κ3) is 5.98. The van der Waals surface area contributed by atoms with Crippen LogP contribution in [0.4, 0.5) is 5.69 Å². The number of pyridine rings is 1. The van der Waals surface area contributed by atoms with E-state index in [1.165, 1.54) is 49.8 Å². The zero-order valence-electron chi connectivity index (χ0n) is 26.8. The Morgan fingerprint density at radius 2 is 1.55 bits per heavy atom. The number of carbonyl (C=O) groups is 1. The molecule has 1 aromatic heterocycles. The number of amides is 1. The number of piperazine rings is 1. The number of rotatable bonds is 9. The van der Waals surface area contributed by atoms with E-state index in [-0.39, 0.29) is 5.91 Å². The third-order valence-corrected chi connectivity index (χ3v) is 11.2. The molecule has 1 atom stereocenters. The van der Waals surface area contributed by atoms with Crippen LogP contribution >= 0.6 is 0 Å². The molecule has 5 aliphatic rings. The average molecular weight is 593 g/mol. The normalized spacial score (nSPS) is 26.9. The SMILES string of the molecule is CCOc1cncc(-c2ccc(C(C)N3CCN(c4ccc(C(=O)N(C)CC56CC7CC(CC(C7)C5)C6)cc4)CC3)cc2)c1. The number of nitrogens with zero attached hydrogens (tertiary/aromatic N) is 4. The largest absolute Gasteiger partial charge is 0.492 e. The van der Waals surface area contributed by atoms with Gasteiger partial charge in [-0.15, -0.1) is 0 Å². The number of hydrogen-bond donors (Lipinski definition) is 0. The summed E-state index contributed by atoms with van der Waals surface area (Å²) in [6.07, 6.45) is 12.0. The number of hydrogen-bond acceptors (Lipinski definition) is 5. The maximum Gasteiger partial charge on any atom is 0.253 e. The summed E-state index contributed by atoms with van der Waals surface area (Å²) in [4.78, 5) is 24.8. The Labute approximate surface area is 263 Å². The van der Waals surface area contributed by atoms with E-state index >= 15 is 0 Å². The maximum absolute atomic E-state index is 13.4. The lowest BCUT2D eigenvalue weighted by molar-refractivity contribution is -0.0629. The quantitative estimate of drug-likeness (QED) is 0.261. The first-order chi connectivity index (χ1) is 21.4. The second-order valence-electron chi connectivity index (χ2n) is 14.3. The van der Waals surface area contributed by atoms with Gasteiger partial charge in [0.15, 0.2) is 0 Å². The van der Waals surface area contributed by atoms with E-state index in [0.29, 0.717) is 18.1 Å². The van der Waals surface area contributed by atoms with Gasteiger partial charge in [-0.1, -0.05) is 24.3 Å². The minimum Gasteiger partial charge on any atom is -0.492 e. The van der Waals surface area contributed by atoms with Crippen LogP contribution in [-0.2, 0) is 0 Å². The van der Waals surface area contributed by atoms with Crippen LogP contribution in [0.15, 0.2) is 67.0 Å². The van der Waals surface area contributed by atoms with Crippen LogP contribution in [0.3, 0.4) is 0 Å². The molecule has 2 heterocycles. The zero-order valence-corrected chi connectivity index (χ0v) is 26.8. The number of ether oxygens (including phenoxy) is 1. The maximum atomic E-state index is 13.4. The minimum absolute atomic E-state index is 0.176. The lowest BCUT2D eigenvalue weighted by Crippen LogP contribution is -2.51. The molecule has 1 saturated heterocycles. The van der Waals surface area contributed by atoms with Gasteiger partial charge in [-0.25, -0.2) is 0 Å². The number of carbonyl (C=O) groups excluding carboxylic acids is 1. The third-order valence-electron chi connectivity index (χ3n) is 11.2. The van der Waals surface area contributed by atoms with Crippen molar-refractivity contribution in [1.82, 2.24) is 14.8 Å². The molecule has 232 valence electrons. The Kier molecular flexibility index (Phi) is 8.13. The molecule has 4 bridgehead atoms. The average Bonchev–Trinajstić information content (AvgIpc) is 3.04. The fraction of sp³-hybridized carbons (Fsp3) is 0.526. The highest BCUT2D eigenvalue weighted by Crippen LogP contribution is 2.60. The first-order valence-corrected chi connectivity index (χ1v) is 16.9. The van der Waals surface area contributed by atoms with E-state index in [4.69, 9.17) is 4.74 Å². The van der Waals surface area contributed by atoms with E-state index in [1.807, 2.05) is 37.2 Å². The molecule has 3 aromatic rings. The van der Waals surface area contributed by atoms with E-state index < -0.39 is 0 Å². The molecule has 5 fully saturated rings. The molecule has 0 spiro atoms. The van der Waals surface area contributed by atoms with E-state index in [1.54, 1.807) is 6.20 Å². The highest BCUT2D eigenvalue weighted by molar-refractivity contribution is 5.94. The van der Waals surface area contributed by atoms with Gasteiger partial charge in [0.05, 0.1) is 12.8 Å². The molecule has 4 saturated carbocycles. The van der Waals surface area contributed by atoms with Crippen molar-refractivity contribution in [3.8, 4) is 16.9 Å². The van der Waals surface area contributed by atoms with Crippen molar-refractivity contribution in [3.63, 3.8) is 0 Å². The fourth-order valence-corrected chi connectivity index (χ4v) is 9.45. The molecule has 1 aliphatic heterocycles. The predicted octanol–water partition coefficient (Wildman–Crippen LogP) is 7.32. The van der Waals surface area contributed by atoms with Gasteiger partial charge in [0, 0.05) is 68.8 Å². The molecule has 1 unspecified atom stereocenters. The van der Waals surface area contributed by atoms with Crippen molar-refractivity contribution in [2.24, 2.45) is 23.2 Å². The van der Waals surface area contributed by atoms with Gasteiger partial charge in [-0.2, -0.15) is 0 Å². The molecule has 0 N–H and O–H groups in total. The highest BCUT2D eigenvalue weighted by atomic mass is 16.5. The van der Waals surface area contributed by atoms with Crippen LogP contribution in [0.2, 0.25) is 0 Å². The van der Waals surface area contributed by atoms with Crippen LogP contribution in [-0.4, -0.2) is 67.1 Å². The monoisotopic (exact) mass is 592 g/mol. The van der Waals surface area contributed by atoms with Gasteiger partial charge >= 0.3 is 0 Å². The molecule has 4 aliphatic carbocycles. The Hall–Kier alpha value is -3.38. The Bertz CT molecular complexity index is 1410. The Morgan fingerprint density at radius 3 is 2.16 bits per heavy atom. The topological polar surface area (TPSA) is 48.9 Å². The van der Waals surface area contributed by atoms with Crippen LogP contribution < -0.4 is 9.64 Å². The predicted molar refractivity (Wildman–Crippen MR) is 177 cm³/mol. The van der Waals surface area contributed by atoms with Crippen molar-refractivity contribution in [2.45, 2.75) is 58.4 Å². The van der Waals surface area contributed by atoms with Gasteiger partial charge in [0.1, 0.15) is 5.75 Å². The summed E-state index contributed by atoms with van der Waals surface area (Å²) in [6.45, 7) is 9.85. The lowest BCUT2D eigenvalue weighted by atomic mass is 9.49. The second kappa shape index (κ2) is 12.2. The Morgan fingerprint density at radius 1 is 0.909 bits per heavy atom. The highest BCUT2D eigenvalue weighted by Gasteiger charge is 2.51. The molecule has 6 heteroatoms. The summed E-state index contributed by atoms with van der Waals surface area (Å²) in [7, 11) is 2.03. The summed E-state index contributed by atoms with van der Waals surface area (Å²) >= 11 is 0.